The second-order valence-corrected chi connectivity index (χ2v) is 8.61. The van der Waals surface area contributed by atoms with E-state index in [1.165, 1.54) is 7.11 Å². The highest BCUT2D eigenvalue weighted by Gasteiger charge is 2.49. The summed E-state index contributed by atoms with van der Waals surface area (Å²) in [7, 11) is 1.31. The zero-order chi connectivity index (χ0) is 27.0. The molecule has 3 aromatic rings. The van der Waals surface area contributed by atoms with Gasteiger partial charge in [-0.2, -0.15) is 0 Å². The summed E-state index contributed by atoms with van der Waals surface area (Å²) in [4.78, 5) is 51.6. The molecule has 1 unspecified atom stereocenters. The predicted molar refractivity (Wildman–Crippen MR) is 137 cm³/mol. The van der Waals surface area contributed by atoms with Crippen molar-refractivity contribution < 1.29 is 28.7 Å². The van der Waals surface area contributed by atoms with E-state index in [4.69, 9.17) is 9.47 Å². The maximum absolute atomic E-state index is 13.6. The number of methoxy groups -OCH3 is 1. The lowest BCUT2D eigenvalue weighted by atomic mass is 10.0. The van der Waals surface area contributed by atoms with Gasteiger partial charge in [0.25, 0.3) is 5.91 Å². The highest BCUT2D eigenvalue weighted by Crippen LogP contribution is 2.21. The molecule has 0 aliphatic carbocycles. The molecule has 4 rings (SSSR count). The van der Waals surface area contributed by atoms with Crippen LogP contribution in [0.2, 0.25) is 0 Å². The van der Waals surface area contributed by atoms with E-state index in [1.807, 2.05) is 30.3 Å². The standard InChI is InChI=1S/C28H28N4O6/c1-37-28(18-29-26(28)35)32-25(34)23(21-15-9-4-10-16-21)30-24(33)22(20-13-7-3-8-14-20)31-27(36)38-17-19-11-5-2-6-12-19/h2-16,22-23H,17-18H2,1H3,(H,29,35)(H,30,33)(H,31,36)(H,32,34)/t22-,23-,28?/m1/s1. The molecule has 0 spiro atoms. The van der Waals surface area contributed by atoms with Crippen LogP contribution in [0.1, 0.15) is 28.8 Å². The SMILES string of the molecule is COC1(NC(=O)[C@H](NC(=O)[C@H](NC(=O)OCc2ccccc2)c2ccccc2)c2ccccc2)CNC1=O. The van der Waals surface area contributed by atoms with E-state index in [9.17, 15) is 19.2 Å². The molecule has 0 bridgehead atoms. The van der Waals surface area contributed by atoms with Crippen molar-refractivity contribution >= 4 is 23.8 Å². The lowest BCUT2D eigenvalue weighted by Crippen LogP contribution is -2.74. The smallest absolute Gasteiger partial charge is 0.408 e. The molecule has 38 heavy (non-hydrogen) atoms. The van der Waals surface area contributed by atoms with Crippen molar-refractivity contribution in [2.75, 3.05) is 13.7 Å². The van der Waals surface area contributed by atoms with Crippen LogP contribution < -0.4 is 21.3 Å². The van der Waals surface area contributed by atoms with Crippen LogP contribution in [-0.2, 0) is 30.5 Å². The lowest BCUT2D eigenvalue weighted by molar-refractivity contribution is -0.167. The molecular formula is C28H28N4O6. The van der Waals surface area contributed by atoms with Gasteiger partial charge in [0.1, 0.15) is 18.7 Å². The van der Waals surface area contributed by atoms with Gasteiger partial charge in [-0.05, 0) is 16.7 Å². The summed E-state index contributed by atoms with van der Waals surface area (Å²) in [6.45, 7) is 0.108. The molecule has 10 nitrogen and oxygen atoms in total. The Hall–Kier alpha value is -4.70. The van der Waals surface area contributed by atoms with Gasteiger partial charge in [-0.25, -0.2) is 4.79 Å². The molecule has 196 valence electrons. The fourth-order valence-electron chi connectivity index (χ4n) is 3.91. The van der Waals surface area contributed by atoms with Crippen LogP contribution in [0, 0.1) is 0 Å². The number of carbonyl (C=O) groups is 4. The Morgan fingerprint density at radius 3 is 1.82 bits per heavy atom. The quantitative estimate of drug-likeness (QED) is 0.241. The summed E-state index contributed by atoms with van der Waals surface area (Å²) in [5.41, 5.74) is 0.229. The van der Waals surface area contributed by atoms with Gasteiger partial charge in [-0.3, -0.25) is 14.4 Å². The highest BCUT2D eigenvalue weighted by molar-refractivity contribution is 5.98. The third kappa shape index (κ3) is 6.16. The number of nitrogens with one attached hydrogen (secondary N) is 4. The zero-order valence-corrected chi connectivity index (χ0v) is 20.7. The molecule has 1 aliphatic rings. The fourth-order valence-corrected chi connectivity index (χ4v) is 3.91. The van der Waals surface area contributed by atoms with Crippen molar-refractivity contribution in [3.8, 4) is 0 Å². The van der Waals surface area contributed by atoms with E-state index in [-0.39, 0.29) is 13.2 Å². The number of benzene rings is 3. The maximum atomic E-state index is 13.6. The zero-order valence-electron chi connectivity index (χ0n) is 20.7. The van der Waals surface area contributed by atoms with Crippen LogP contribution in [0.3, 0.4) is 0 Å². The third-order valence-corrected chi connectivity index (χ3v) is 6.09. The van der Waals surface area contributed by atoms with Gasteiger partial charge in [0.05, 0.1) is 6.54 Å². The largest absolute Gasteiger partial charge is 0.445 e. The summed E-state index contributed by atoms with van der Waals surface area (Å²) >= 11 is 0. The number of hydrogen-bond donors (Lipinski definition) is 4. The maximum Gasteiger partial charge on any atom is 0.408 e. The molecule has 0 saturated carbocycles. The number of amides is 4. The minimum Gasteiger partial charge on any atom is -0.445 e. The first kappa shape index (κ1) is 26.4. The van der Waals surface area contributed by atoms with E-state index >= 15 is 0 Å². The van der Waals surface area contributed by atoms with Crippen molar-refractivity contribution in [2.24, 2.45) is 0 Å². The van der Waals surface area contributed by atoms with Crippen molar-refractivity contribution in [3.63, 3.8) is 0 Å². The Balaban J connectivity index is 1.53. The van der Waals surface area contributed by atoms with Crippen molar-refractivity contribution in [2.45, 2.75) is 24.4 Å². The van der Waals surface area contributed by atoms with Gasteiger partial charge in [0.15, 0.2) is 0 Å². The summed E-state index contributed by atoms with van der Waals surface area (Å²) in [5, 5.41) is 10.4. The fraction of sp³-hybridized carbons (Fsp3) is 0.214. The van der Waals surface area contributed by atoms with Gasteiger partial charge in [-0.1, -0.05) is 91.0 Å². The Kier molecular flexibility index (Phi) is 8.34. The van der Waals surface area contributed by atoms with Crippen molar-refractivity contribution in [1.29, 1.82) is 0 Å². The first-order chi connectivity index (χ1) is 18.4. The summed E-state index contributed by atoms with van der Waals surface area (Å²) in [5.74, 6) is -1.79. The minimum atomic E-state index is -1.52. The normalized spacial score (nSPS) is 17.7. The number of carbonyl (C=O) groups excluding carboxylic acids is 4. The van der Waals surface area contributed by atoms with Gasteiger partial charge < -0.3 is 30.7 Å². The van der Waals surface area contributed by atoms with Gasteiger partial charge in [0.2, 0.25) is 17.5 Å². The Morgan fingerprint density at radius 2 is 1.34 bits per heavy atom. The topological polar surface area (TPSA) is 135 Å². The summed E-state index contributed by atoms with van der Waals surface area (Å²) in [6.07, 6.45) is -0.803. The number of rotatable bonds is 10. The highest BCUT2D eigenvalue weighted by atomic mass is 16.5. The Morgan fingerprint density at radius 1 is 0.816 bits per heavy atom. The van der Waals surface area contributed by atoms with E-state index in [0.29, 0.717) is 11.1 Å². The number of alkyl carbamates (subject to hydrolysis) is 1. The second-order valence-electron chi connectivity index (χ2n) is 8.61. The first-order valence-electron chi connectivity index (χ1n) is 11.9. The Labute approximate surface area is 219 Å². The molecule has 4 N–H and O–H groups in total. The molecule has 0 aromatic heterocycles. The average molecular weight is 517 g/mol. The van der Waals surface area contributed by atoms with Crippen molar-refractivity contribution in [3.05, 3.63) is 108 Å². The van der Waals surface area contributed by atoms with E-state index < -0.39 is 41.6 Å². The van der Waals surface area contributed by atoms with E-state index in [0.717, 1.165) is 5.56 Å². The molecule has 1 saturated heterocycles. The molecular weight excluding hydrogens is 488 g/mol. The predicted octanol–water partition coefficient (Wildman–Crippen LogP) is 2.10. The van der Waals surface area contributed by atoms with Gasteiger partial charge >= 0.3 is 6.09 Å². The Bertz CT molecular complexity index is 1270. The van der Waals surface area contributed by atoms with Crippen molar-refractivity contribution in [1.82, 2.24) is 21.3 Å². The van der Waals surface area contributed by atoms with E-state index in [2.05, 4.69) is 21.3 Å². The molecule has 1 heterocycles. The molecule has 10 heteroatoms. The van der Waals surface area contributed by atoms with Crippen LogP contribution >= 0.6 is 0 Å². The van der Waals surface area contributed by atoms with Gasteiger partial charge in [-0.15, -0.1) is 0 Å². The first-order valence-corrected chi connectivity index (χ1v) is 11.9. The lowest BCUT2D eigenvalue weighted by Gasteiger charge is -2.40. The third-order valence-electron chi connectivity index (χ3n) is 6.09. The van der Waals surface area contributed by atoms with Crippen LogP contribution in [0.5, 0.6) is 0 Å². The van der Waals surface area contributed by atoms with Crippen LogP contribution in [-0.4, -0.2) is 43.2 Å². The van der Waals surface area contributed by atoms with Crippen LogP contribution in [0.25, 0.3) is 0 Å². The molecule has 3 atom stereocenters. The molecule has 1 fully saturated rings. The van der Waals surface area contributed by atoms with Crippen LogP contribution in [0.15, 0.2) is 91.0 Å². The van der Waals surface area contributed by atoms with Gasteiger partial charge in [0, 0.05) is 7.11 Å². The molecule has 4 amide bonds. The minimum absolute atomic E-state index is 0.0199. The monoisotopic (exact) mass is 516 g/mol. The number of hydrogen-bond acceptors (Lipinski definition) is 6. The molecule has 1 aliphatic heterocycles. The molecule has 3 aromatic carbocycles. The van der Waals surface area contributed by atoms with E-state index in [1.54, 1.807) is 60.7 Å². The van der Waals surface area contributed by atoms with Crippen LogP contribution in [0.4, 0.5) is 4.79 Å². The second kappa shape index (κ2) is 12.0. The number of β-lactam (4-membered cyclic amide) rings is 1. The molecule has 0 radical (unpaired) electrons. The average Bonchev–Trinajstić information content (AvgIpc) is 2.96. The summed E-state index contributed by atoms with van der Waals surface area (Å²) < 4.78 is 10.6. The summed E-state index contributed by atoms with van der Waals surface area (Å²) in [6, 6.07) is 23.9. The number of ether oxygens (including phenoxy) is 2.